The number of β-amino-alcohol motifs (C(OH)–C–C–N with tert-alkyl or cyclic N) is 1. The molecule has 0 spiro atoms. The second kappa shape index (κ2) is 7.14. The number of ether oxygens (including phenoxy) is 1. The van der Waals surface area contributed by atoms with E-state index in [-0.39, 0.29) is 12.1 Å². The largest absolute Gasteiger partial charge is 0.490 e. The molecule has 1 aliphatic carbocycles. The summed E-state index contributed by atoms with van der Waals surface area (Å²) in [5.41, 5.74) is 1.17. The number of aliphatic hydroxyl groups is 1. The van der Waals surface area contributed by atoms with Crippen LogP contribution in [0.5, 0.6) is 5.75 Å². The summed E-state index contributed by atoms with van der Waals surface area (Å²) in [4.78, 5) is 2.20. The molecular formula is C19H25N3O3. The fourth-order valence-electron chi connectivity index (χ4n) is 3.91. The zero-order valence-corrected chi connectivity index (χ0v) is 14.6. The molecule has 0 bridgehead atoms. The predicted molar refractivity (Wildman–Crippen MR) is 92.1 cm³/mol. The molecule has 0 amide bonds. The zero-order valence-electron chi connectivity index (χ0n) is 14.6. The number of rotatable bonds is 5. The van der Waals surface area contributed by atoms with E-state index in [2.05, 4.69) is 27.2 Å². The summed E-state index contributed by atoms with van der Waals surface area (Å²) in [7, 11) is 0. The number of benzene rings is 1. The van der Waals surface area contributed by atoms with Crippen molar-refractivity contribution in [2.45, 2.75) is 63.8 Å². The van der Waals surface area contributed by atoms with E-state index in [0.717, 1.165) is 25.1 Å². The maximum Gasteiger partial charge on any atom is 0.233 e. The first-order valence-corrected chi connectivity index (χ1v) is 9.15. The van der Waals surface area contributed by atoms with Crippen LogP contribution in [-0.2, 0) is 6.54 Å². The van der Waals surface area contributed by atoms with Crippen molar-refractivity contribution >= 4 is 0 Å². The molecule has 6 nitrogen and oxygen atoms in total. The van der Waals surface area contributed by atoms with Crippen LogP contribution in [0.1, 0.15) is 55.5 Å². The first-order chi connectivity index (χ1) is 12.2. The molecule has 2 atom stereocenters. The van der Waals surface area contributed by atoms with E-state index in [1.54, 1.807) is 6.92 Å². The monoisotopic (exact) mass is 343 g/mol. The predicted octanol–water partition coefficient (Wildman–Crippen LogP) is 3.01. The number of aliphatic hydroxyl groups excluding tert-OH is 1. The Balaban J connectivity index is 1.46. The summed E-state index contributed by atoms with van der Waals surface area (Å²) >= 11 is 0. The van der Waals surface area contributed by atoms with Crippen molar-refractivity contribution < 1.29 is 14.3 Å². The van der Waals surface area contributed by atoms with Gasteiger partial charge in [0, 0.05) is 20.0 Å². The third-order valence-electron chi connectivity index (χ3n) is 5.10. The summed E-state index contributed by atoms with van der Waals surface area (Å²) in [6.07, 6.45) is 5.46. The van der Waals surface area contributed by atoms with E-state index < -0.39 is 0 Å². The summed E-state index contributed by atoms with van der Waals surface area (Å²) in [6, 6.07) is 8.24. The number of hydrogen-bond donors (Lipinski definition) is 1. The Kier molecular flexibility index (Phi) is 4.72. The highest BCUT2D eigenvalue weighted by Crippen LogP contribution is 2.33. The van der Waals surface area contributed by atoms with Crippen molar-refractivity contribution in [3.63, 3.8) is 0 Å². The SMILES string of the molecule is Cc1nnc([C@H]2C[C@@H](O)CN2Cc2cccc(OC3CCCC3)c2)o1. The van der Waals surface area contributed by atoms with Gasteiger partial charge in [-0.05, 0) is 49.8 Å². The van der Waals surface area contributed by atoms with E-state index in [1.807, 2.05) is 12.1 Å². The van der Waals surface area contributed by atoms with Crippen LogP contribution in [0.2, 0.25) is 0 Å². The first kappa shape index (κ1) is 16.5. The standard InChI is InChI=1S/C19H25N3O3/c1-13-20-21-19(24-13)18-10-15(23)12-22(18)11-14-5-4-8-17(9-14)25-16-6-2-3-7-16/h4-5,8-9,15-16,18,23H,2-3,6-7,10-12H2,1H3/t15-,18-/m1/s1. The Labute approximate surface area is 147 Å². The van der Waals surface area contributed by atoms with Crippen molar-refractivity contribution in [3.05, 3.63) is 41.6 Å². The average molecular weight is 343 g/mol. The van der Waals surface area contributed by atoms with Gasteiger partial charge < -0.3 is 14.3 Å². The minimum Gasteiger partial charge on any atom is -0.490 e. The molecular weight excluding hydrogens is 318 g/mol. The maximum absolute atomic E-state index is 10.1. The van der Waals surface area contributed by atoms with Crippen LogP contribution in [0.15, 0.2) is 28.7 Å². The Hall–Kier alpha value is -1.92. The van der Waals surface area contributed by atoms with Crippen molar-refractivity contribution in [2.75, 3.05) is 6.54 Å². The van der Waals surface area contributed by atoms with Crippen LogP contribution >= 0.6 is 0 Å². The van der Waals surface area contributed by atoms with E-state index >= 15 is 0 Å². The Morgan fingerprint density at radius 1 is 1.28 bits per heavy atom. The van der Waals surface area contributed by atoms with Crippen LogP contribution in [0, 0.1) is 6.92 Å². The van der Waals surface area contributed by atoms with Crippen molar-refractivity contribution in [1.82, 2.24) is 15.1 Å². The van der Waals surface area contributed by atoms with Crippen LogP contribution in [0.25, 0.3) is 0 Å². The van der Waals surface area contributed by atoms with Gasteiger partial charge in [0.25, 0.3) is 0 Å². The lowest BCUT2D eigenvalue weighted by atomic mass is 10.1. The highest BCUT2D eigenvalue weighted by Gasteiger charge is 2.35. The minimum absolute atomic E-state index is 0.0318. The molecule has 1 saturated heterocycles. The highest BCUT2D eigenvalue weighted by atomic mass is 16.5. The van der Waals surface area contributed by atoms with E-state index in [4.69, 9.17) is 9.15 Å². The molecule has 0 unspecified atom stereocenters. The minimum atomic E-state index is -0.366. The Bertz CT molecular complexity index is 711. The maximum atomic E-state index is 10.1. The molecule has 1 aromatic heterocycles. The Morgan fingerprint density at radius 3 is 2.88 bits per heavy atom. The number of hydrogen-bond acceptors (Lipinski definition) is 6. The van der Waals surface area contributed by atoms with Gasteiger partial charge in [-0.2, -0.15) is 0 Å². The van der Waals surface area contributed by atoms with Crippen LogP contribution in [0.3, 0.4) is 0 Å². The second-order valence-corrected chi connectivity index (χ2v) is 7.17. The number of aryl methyl sites for hydroxylation is 1. The third kappa shape index (κ3) is 3.85. The molecule has 1 N–H and O–H groups in total. The van der Waals surface area contributed by atoms with E-state index in [9.17, 15) is 5.11 Å². The molecule has 4 rings (SSSR count). The fourth-order valence-corrected chi connectivity index (χ4v) is 3.91. The summed E-state index contributed by atoms with van der Waals surface area (Å²) < 4.78 is 11.7. The van der Waals surface area contributed by atoms with Gasteiger partial charge in [0.2, 0.25) is 11.8 Å². The summed E-state index contributed by atoms with van der Waals surface area (Å²) in [5, 5.41) is 18.2. The first-order valence-electron chi connectivity index (χ1n) is 9.15. The fraction of sp³-hybridized carbons (Fsp3) is 0.579. The third-order valence-corrected chi connectivity index (χ3v) is 5.10. The van der Waals surface area contributed by atoms with Gasteiger partial charge in [0.15, 0.2) is 0 Å². The normalized spacial score (nSPS) is 24.9. The topological polar surface area (TPSA) is 71.6 Å². The second-order valence-electron chi connectivity index (χ2n) is 7.17. The number of likely N-dealkylation sites (tertiary alicyclic amines) is 1. The molecule has 2 aliphatic rings. The summed E-state index contributed by atoms with van der Waals surface area (Å²) in [6.45, 7) is 3.13. The Morgan fingerprint density at radius 2 is 2.12 bits per heavy atom. The van der Waals surface area contributed by atoms with Crippen molar-refractivity contribution in [2.24, 2.45) is 0 Å². The zero-order chi connectivity index (χ0) is 17.2. The van der Waals surface area contributed by atoms with Gasteiger partial charge in [-0.25, -0.2) is 0 Å². The van der Waals surface area contributed by atoms with Gasteiger partial charge in [-0.1, -0.05) is 12.1 Å². The van der Waals surface area contributed by atoms with Crippen molar-refractivity contribution in [1.29, 1.82) is 0 Å². The molecule has 2 aromatic rings. The smallest absolute Gasteiger partial charge is 0.233 e. The number of aromatic nitrogens is 2. The lowest BCUT2D eigenvalue weighted by Crippen LogP contribution is -2.24. The molecule has 6 heteroatoms. The molecule has 134 valence electrons. The average Bonchev–Trinajstić information content (AvgIpc) is 3.30. The van der Waals surface area contributed by atoms with Crippen LogP contribution < -0.4 is 4.74 Å². The van der Waals surface area contributed by atoms with Gasteiger partial charge >= 0.3 is 0 Å². The lowest BCUT2D eigenvalue weighted by molar-refractivity contribution is 0.170. The van der Waals surface area contributed by atoms with Gasteiger partial charge in [-0.15, -0.1) is 10.2 Å². The lowest BCUT2D eigenvalue weighted by Gasteiger charge is -2.22. The van der Waals surface area contributed by atoms with E-state index in [1.165, 1.54) is 18.4 Å². The van der Waals surface area contributed by atoms with Crippen LogP contribution in [-0.4, -0.2) is 39.0 Å². The van der Waals surface area contributed by atoms with Gasteiger partial charge in [0.05, 0.1) is 18.2 Å². The summed E-state index contributed by atoms with van der Waals surface area (Å²) in [5.74, 6) is 2.09. The van der Waals surface area contributed by atoms with Crippen LogP contribution in [0.4, 0.5) is 0 Å². The molecule has 2 fully saturated rings. The van der Waals surface area contributed by atoms with Crippen molar-refractivity contribution in [3.8, 4) is 5.75 Å². The molecule has 25 heavy (non-hydrogen) atoms. The highest BCUT2D eigenvalue weighted by molar-refractivity contribution is 5.29. The molecule has 1 aliphatic heterocycles. The quantitative estimate of drug-likeness (QED) is 0.900. The molecule has 0 radical (unpaired) electrons. The molecule has 1 saturated carbocycles. The van der Waals surface area contributed by atoms with E-state index in [0.29, 0.717) is 30.9 Å². The van der Waals surface area contributed by atoms with Gasteiger partial charge in [-0.3, -0.25) is 4.90 Å². The molecule has 2 heterocycles. The van der Waals surface area contributed by atoms with Gasteiger partial charge in [0.1, 0.15) is 5.75 Å². The molecule has 1 aromatic carbocycles. The number of nitrogens with zero attached hydrogens (tertiary/aromatic N) is 3.